The maximum absolute atomic E-state index is 11.9. The summed E-state index contributed by atoms with van der Waals surface area (Å²) in [5, 5.41) is 2.57. The van der Waals surface area contributed by atoms with Crippen LogP contribution in [0.2, 0.25) is 5.02 Å². The molecular formula is C14H8BrClN2O. The Balaban J connectivity index is 2.41. The first-order valence-corrected chi connectivity index (χ1v) is 7.13. The summed E-state index contributed by atoms with van der Waals surface area (Å²) in [5.74, 6) is 0.0162. The number of Topliss-reactive ketones (excluding diaryl/α,β-unsaturated/α-hetero) is 1. The lowest BCUT2D eigenvalue weighted by atomic mass is 10.1. The minimum atomic E-state index is 0.0162. The minimum absolute atomic E-state index is 0.0162. The van der Waals surface area contributed by atoms with Crippen molar-refractivity contribution in [2.24, 2.45) is 0 Å². The van der Waals surface area contributed by atoms with Crippen LogP contribution in [-0.2, 0) is 0 Å². The van der Waals surface area contributed by atoms with E-state index in [4.69, 9.17) is 11.6 Å². The molecule has 2 aromatic heterocycles. The monoisotopic (exact) mass is 334 g/mol. The third kappa shape index (κ3) is 2.11. The van der Waals surface area contributed by atoms with Crippen LogP contribution in [0.5, 0.6) is 0 Å². The fraction of sp³-hybridized carbons (Fsp3) is 0.0714. The summed E-state index contributed by atoms with van der Waals surface area (Å²) in [7, 11) is 0. The van der Waals surface area contributed by atoms with Crippen LogP contribution in [0.4, 0.5) is 0 Å². The van der Waals surface area contributed by atoms with E-state index in [0.29, 0.717) is 10.6 Å². The average Bonchev–Trinajstić information content (AvgIpc) is 2.45. The van der Waals surface area contributed by atoms with Gasteiger partial charge in [0.05, 0.1) is 16.4 Å². The second-order valence-electron chi connectivity index (χ2n) is 4.10. The number of hydrogen-bond acceptors (Lipinski definition) is 3. The van der Waals surface area contributed by atoms with Crippen molar-refractivity contribution in [2.75, 3.05) is 5.33 Å². The van der Waals surface area contributed by atoms with Crippen molar-refractivity contribution in [3.8, 4) is 0 Å². The van der Waals surface area contributed by atoms with Crippen LogP contribution >= 0.6 is 27.5 Å². The Hall–Kier alpha value is -1.52. The third-order valence-electron chi connectivity index (χ3n) is 2.96. The van der Waals surface area contributed by atoms with Gasteiger partial charge in [-0.1, -0.05) is 27.5 Å². The molecule has 3 rings (SSSR count). The molecule has 0 unspecified atom stereocenters. The molecule has 0 atom stereocenters. The fourth-order valence-corrected chi connectivity index (χ4v) is 2.55. The van der Waals surface area contributed by atoms with E-state index in [-0.39, 0.29) is 11.1 Å². The molecule has 0 bridgehead atoms. The second kappa shape index (κ2) is 4.87. The van der Waals surface area contributed by atoms with Gasteiger partial charge in [0, 0.05) is 33.8 Å². The number of pyridine rings is 2. The Labute approximate surface area is 122 Å². The second-order valence-corrected chi connectivity index (χ2v) is 5.09. The predicted molar refractivity (Wildman–Crippen MR) is 80.2 cm³/mol. The van der Waals surface area contributed by atoms with Crippen LogP contribution in [0.15, 0.2) is 36.7 Å². The highest BCUT2D eigenvalue weighted by Crippen LogP contribution is 2.26. The summed E-state index contributed by atoms with van der Waals surface area (Å²) in [6.45, 7) is 0. The third-order valence-corrected chi connectivity index (χ3v) is 3.70. The highest BCUT2D eigenvalue weighted by molar-refractivity contribution is 9.09. The molecule has 0 saturated heterocycles. The summed E-state index contributed by atoms with van der Waals surface area (Å²) < 4.78 is 0. The number of benzene rings is 1. The molecule has 2 heterocycles. The number of rotatable bonds is 2. The molecule has 0 amide bonds. The van der Waals surface area contributed by atoms with E-state index in [1.807, 2.05) is 6.07 Å². The van der Waals surface area contributed by atoms with Gasteiger partial charge in [-0.05, 0) is 24.3 Å². The standard InChI is InChI=1S/C14H8BrClN2O/c15-6-13(19)9-3-4-17-14-10-2-1-8(16)5-12(10)18-7-11(9)14/h1-5,7H,6H2. The molecule has 0 radical (unpaired) electrons. The zero-order valence-corrected chi connectivity index (χ0v) is 12.1. The Morgan fingerprint density at radius 3 is 2.84 bits per heavy atom. The molecule has 0 spiro atoms. The molecule has 19 heavy (non-hydrogen) atoms. The molecule has 0 aliphatic heterocycles. The maximum atomic E-state index is 11.9. The highest BCUT2D eigenvalue weighted by atomic mass is 79.9. The van der Waals surface area contributed by atoms with Crippen molar-refractivity contribution in [3.05, 3.63) is 47.2 Å². The van der Waals surface area contributed by atoms with Crippen LogP contribution in [0.3, 0.4) is 0 Å². The molecule has 0 saturated carbocycles. The van der Waals surface area contributed by atoms with Crippen molar-refractivity contribution < 1.29 is 4.79 Å². The first-order chi connectivity index (χ1) is 9.20. The molecule has 0 aliphatic carbocycles. The van der Waals surface area contributed by atoms with Gasteiger partial charge in [0.15, 0.2) is 5.78 Å². The normalized spacial score (nSPS) is 11.1. The average molecular weight is 336 g/mol. The number of carbonyl (C=O) groups is 1. The van der Waals surface area contributed by atoms with E-state index in [9.17, 15) is 4.79 Å². The largest absolute Gasteiger partial charge is 0.293 e. The molecule has 1 aromatic carbocycles. The van der Waals surface area contributed by atoms with Crippen molar-refractivity contribution in [1.29, 1.82) is 0 Å². The first-order valence-electron chi connectivity index (χ1n) is 5.63. The molecule has 5 heteroatoms. The summed E-state index contributed by atoms with van der Waals surface area (Å²) in [4.78, 5) is 20.6. The first kappa shape index (κ1) is 12.5. The molecule has 94 valence electrons. The van der Waals surface area contributed by atoms with Gasteiger partial charge in [-0.2, -0.15) is 0 Å². The number of hydrogen-bond donors (Lipinski definition) is 0. The maximum Gasteiger partial charge on any atom is 0.174 e. The Morgan fingerprint density at radius 1 is 1.21 bits per heavy atom. The summed E-state index contributed by atoms with van der Waals surface area (Å²) in [6, 6.07) is 7.18. The Kier molecular flexibility index (Phi) is 3.21. The van der Waals surface area contributed by atoms with E-state index in [2.05, 4.69) is 25.9 Å². The van der Waals surface area contributed by atoms with E-state index >= 15 is 0 Å². The highest BCUT2D eigenvalue weighted by Gasteiger charge is 2.12. The van der Waals surface area contributed by atoms with Gasteiger partial charge in [0.25, 0.3) is 0 Å². The summed E-state index contributed by atoms with van der Waals surface area (Å²) in [6.07, 6.45) is 3.32. The topological polar surface area (TPSA) is 42.9 Å². The SMILES string of the molecule is O=C(CBr)c1ccnc2c1cnc1cc(Cl)ccc12. The van der Waals surface area contributed by atoms with E-state index in [1.165, 1.54) is 0 Å². The molecule has 0 N–H and O–H groups in total. The molecule has 3 nitrogen and oxygen atoms in total. The van der Waals surface area contributed by atoms with E-state index < -0.39 is 0 Å². The lowest BCUT2D eigenvalue weighted by Crippen LogP contribution is -2.02. The van der Waals surface area contributed by atoms with Crippen LogP contribution in [0.25, 0.3) is 21.8 Å². The van der Waals surface area contributed by atoms with E-state index in [0.717, 1.165) is 21.8 Å². The minimum Gasteiger partial charge on any atom is -0.293 e. The number of fused-ring (bicyclic) bond motifs is 3. The predicted octanol–water partition coefficient (Wildman–Crippen LogP) is 4.01. The van der Waals surface area contributed by atoms with Crippen LogP contribution in [0, 0.1) is 0 Å². The van der Waals surface area contributed by atoms with Gasteiger partial charge >= 0.3 is 0 Å². The number of ketones is 1. The van der Waals surface area contributed by atoms with Gasteiger partial charge in [-0.3, -0.25) is 14.8 Å². The van der Waals surface area contributed by atoms with Crippen molar-refractivity contribution in [2.45, 2.75) is 0 Å². The summed E-state index contributed by atoms with van der Waals surface area (Å²) >= 11 is 9.14. The van der Waals surface area contributed by atoms with Crippen molar-refractivity contribution in [1.82, 2.24) is 9.97 Å². The van der Waals surface area contributed by atoms with Gasteiger partial charge < -0.3 is 0 Å². The molecule has 3 aromatic rings. The number of aromatic nitrogens is 2. The molecule has 0 aliphatic rings. The van der Waals surface area contributed by atoms with E-state index in [1.54, 1.807) is 30.6 Å². The van der Waals surface area contributed by atoms with Crippen molar-refractivity contribution >= 4 is 55.1 Å². The number of alkyl halides is 1. The van der Waals surface area contributed by atoms with Gasteiger partial charge in [-0.25, -0.2) is 0 Å². The van der Waals surface area contributed by atoms with Crippen LogP contribution in [0.1, 0.15) is 10.4 Å². The van der Waals surface area contributed by atoms with Gasteiger partial charge in [-0.15, -0.1) is 0 Å². The fourth-order valence-electron chi connectivity index (χ4n) is 2.08. The quantitative estimate of drug-likeness (QED) is 0.404. The van der Waals surface area contributed by atoms with Gasteiger partial charge in [0.1, 0.15) is 0 Å². The number of carbonyl (C=O) groups excluding carboxylic acids is 1. The number of nitrogens with zero attached hydrogens (tertiary/aromatic N) is 2. The molecule has 0 fully saturated rings. The lowest BCUT2D eigenvalue weighted by molar-refractivity contribution is 0.102. The van der Waals surface area contributed by atoms with Crippen LogP contribution < -0.4 is 0 Å². The van der Waals surface area contributed by atoms with Crippen LogP contribution in [-0.4, -0.2) is 21.1 Å². The number of halogens is 2. The molecular weight excluding hydrogens is 328 g/mol. The Bertz CT molecular complexity index is 804. The lowest BCUT2D eigenvalue weighted by Gasteiger charge is -2.06. The summed E-state index contributed by atoms with van der Waals surface area (Å²) in [5.41, 5.74) is 2.18. The van der Waals surface area contributed by atoms with Gasteiger partial charge in [0.2, 0.25) is 0 Å². The Morgan fingerprint density at radius 2 is 2.05 bits per heavy atom. The van der Waals surface area contributed by atoms with Crippen molar-refractivity contribution in [3.63, 3.8) is 0 Å². The zero-order chi connectivity index (χ0) is 13.4. The smallest absolute Gasteiger partial charge is 0.174 e. The zero-order valence-electron chi connectivity index (χ0n) is 9.73.